The van der Waals surface area contributed by atoms with Crippen molar-refractivity contribution in [3.05, 3.63) is 119 Å². The molecule has 0 aliphatic heterocycles. The molecular formula is C32H32FN3OS. The third-order valence-corrected chi connectivity index (χ3v) is 7.36. The van der Waals surface area contributed by atoms with Crippen LogP contribution in [0.2, 0.25) is 0 Å². The van der Waals surface area contributed by atoms with Gasteiger partial charge in [-0.25, -0.2) is 4.39 Å². The summed E-state index contributed by atoms with van der Waals surface area (Å²) < 4.78 is 13.3. The molecular weight excluding hydrogens is 493 g/mol. The van der Waals surface area contributed by atoms with Gasteiger partial charge in [0.2, 0.25) is 0 Å². The Hall–Kier alpha value is -3.77. The van der Waals surface area contributed by atoms with E-state index < -0.39 is 0 Å². The summed E-state index contributed by atoms with van der Waals surface area (Å²) >= 11 is 1.59. The number of hydrogen-bond donors (Lipinski definition) is 1. The Morgan fingerprint density at radius 3 is 2.53 bits per heavy atom. The zero-order valence-corrected chi connectivity index (χ0v) is 22.8. The van der Waals surface area contributed by atoms with E-state index in [0.29, 0.717) is 18.5 Å². The average molecular weight is 526 g/mol. The molecule has 4 rings (SSSR count). The summed E-state index contributed by atoms with van der Waals surface area (Å²) in [4.78, 5) is 24.3. The molecule has 4 nitrogen and oxygen atoms in total. The molecule has 0 fully saturated rings. The molecule has 1 atom stereocenters. The predicted molar refractivity (Wildman–Crippen MR) is 154 cm³/mol. The van der Waals surface area contributed by atoms with Gasteiger partial charge >= 0.3 is 0 Å². The van der Waals surface area contributed by atoms with E-state index in [1.54, 1.807) is 30.1 Å². The molecule has 6 heteroatoms. The lowest BCUT2D eigenvalue weighted by molar-refractivity contribution is 0.0954. The van der Waals surface area contributed by atoms with Crippen LogP contribution in [0.1, 0.15) is 47.4 Å². The van der Waals surface area contributed by atoms with Crippen LogP contribution in [0.4, 0.5) is 10.1 Å². The standard InChI is InChI=1S/C32H32FN3OS/c1-4-22(2)31(24-8-7-10-29(20-24)38-28-15-13-26(33)14-16-28)36-30-21-25(12-11-23(30)3)32(37)35-19-17-27-9-5-6-18-34-27/h5-16,18,20-22H,4,17,19H2,1-3H3,(H,35,37). The zero-order chi connectivity index (χ0) is 26.9. The summed E-state index contributed by atoms with van der Waals surface area (Å²) in [5, 5.41) is 2.99. The first kappa shape index (κ1) is 27.3. The summed E-state index contributed by atoms with van der Waals surface area (Å²) in [6, 6.07) is 26.2. The number of aliphatic imine (C=N–C) groups is 1. The summed E-state index contributed by atoms with van der Waals surface area (Å²) in [5.74, 6) is -0.148. The van der Waals surface area contributed by atoms with Gasteiger partial charge in [0.05, 0.1) is 11.4 Å². The molecule has 0 saturated carbocycles. The van der Waals surface area contributed by atoms with Gasteiger partial charge in [-0.1, -0.05) is 49.9 Å². The highest BCUT2D eigenvalue weighted by molar-refractivity contribution is 7.99. The number of carbonyl (C=O) groups is 1. The van der Waals surface area contributed by atoms with Gasteiger partial charge in [-0.3, -0.25) is 14.8 Å². The fourth-order valence-corrected chi connectivity index (χ4v) is 4.84. The number of benzene rings is 3. The fraction of sp³-hybridized carbons (Fsp3) is 0.219. The van der Waals surface area contributed by atoms with Crippen molar-refractivity contribution in [1.82, 2.24) is 10.3 Å². The smallest absolute Gasteiger partial charge is 0.251 e. The zero-order valence-electron chi connectivity index (χ0n) is 21.9. The van der Waals surface area contributed by atoms with Crippen LogP contribution < -0.4 is 5.32 Å². The Bertz CT molecular complexity index is 1400. The van der Waals surface area contributed by atoms with Crippen molar-refractivity contribution >= 4 is 29.1 Å². The second kappa shape index (κ2) is 13.2. The second-order valence-electron chi connectivity index (χ2n) is 9.22. The molecule has 0 aliphatic carbocycles. The Morgan fingerprint density at radius 2 is 1.79 bits per heavy atom. The third kappa shape index (κ3) is 7.39. The molecule has 4 aromatic rings. The van der Waals surface area contributed by atoms with Crippen LogP contribution in [-0.4, -0.2) is 23.1 Å². The van der Waals surface area contributed by atoms with Crippen LogP contribution in [0.25, 0.3) is 0 Å². The molecule has 0 spiro atoms. The number of aromatic nitrogens is 1. The topological polar surface area (TPSA) is 54.4 Å². The van der Waals surface area contributed by atoms with Crippen molar-refractivity contribution in [3.63, 3.8) is 0 Å². The van der Waals surface area contributed by atoms with E-state index in [1.165, 1.54) is 12.1 Å². The third-order valence-electron chi connectivity index (χ3n) is 6.36. The van der Waals surface area contributed by atoms with E-state index in [-0.39, 0.29) is 17.6 Å². The van der Waals surface area contributed by atoms with E-state index in [4.69, 9.17) is 4.99 Å². The lowest BCUT2D eigenvalue weighted by Gasteiger charge is -2.16. The molecule has 194 valence electrons. The molecule has 0 radical (unpaired) electrons. The molecule has 1 amide bonds. The SMILES string of the molecule is CCC(C)C(=Nc1cc(C(=O)NCCc2ccccn2)ccc1C)c1cccc(Sc2ccc(F)cc2)c1. The first-order valence-corrected chi connectivity index (χ1v) is 13.7. The highest BCUT2D eigenvalue weighted by Gasteiger charge is 2.15. The quantitative estimate of drug-likeness (QED) is 0.215. The summed E-state index contributed by atoms with van der Waals surface area (Å²) in [6.45, 7) is 6.84. The van der Waals surface area contributed by atoms with Crippen LogP contribution in [0.3, 0.4) is 0 Å². The lowest BCUT2D eigenvalue weighted by atomic mass is 9.95. The number of nitrogens with zero attached hydrogens (tertiary/aromatic N) is 2. The highest BCUT2D eigenvalue weighted by Crippen LogP contribution is 2.30. The number of rotatable bonds is 10. The minimum atomic E-state index is -0.242. The number of nitrogens with one attached hydrogen (secondary N) is 1. The second-order valence-corrected chi connectivity index (χ2v) is 10.4. The maximum atomic E-state index is 13.3. The minimum absolute atomic E-state index is 0.125. The fourth-order valence-electron chi connectivity index (χ4n) is 3.96. The number of halogens is 1. The highest BCUT2D eigenvalue weighted by atomic mass is 32.2. The molecule has 38 heavy (non-hydrogen) atoms. The maximum absolute atomic E-state index is 13.3. The van der Waals surface area contributed by atoms with Crippen molar-refractivity contribution in [3.8, 4) is 0 Å². The van der Waals surface area contributed by atoms with E-state index >= 15 is 0 Å². The molecule has 0 bridgehead atoms. The summed E-state index contributed by atoms with van der Waals surface area (Å²) in [5.41, 5.74) is 5.34. The first-order valence-electron chi connectivity index (χ1n) is 12.8. The maximum Gasteiger partial charge on any atom is 0.251 e. The minimum Gasteiger partial charge on any atom is -0.352 e. The molecule has 0 aliphatic rings. The predicted octanol–water partition coefficient (Wildman–Crippen LogP) is 7.82. The van der Waals surface area contributed by atoms with Gasteiger partial charge in [0.1, 0.15) is 5.82 Å². The normalized spacial score (nSPS) is 12.3. The van der Waals surface area contributed by atoms with Crippen molar-refractivity contribution in [1.29, 1.82) is 0 Å². The van der Waals surface area contributed by atoms with Crippen molar-refractivity contribution in [2.45, 2.75) is 43.4 Å². The van der Waals surface area contributed by atoms with Crippen LogP contribution in [0, 0.1) is 18.7 Å². The molecule has 1 heterocycles. The van der Waals surface area contributed by atoms with E-state index in [1.807, 2.05) is 55.5 Å². The van der Waals surface area contributed by atoms with Crippen LogP contribution in [0.15, 0.2) is 106 Å². The van der Waals surface area contributed by atoms with E-state index in [2.05, 4.69) is 36.3 Å². The number of amides is 1. The first-order chi connectivity index (χ1) is 18.4. The van der Waals surface area contributed by atoms with Gasteiger partial charge in [-0.2, -0.15) is 0 Å². The summed E-state index contributed by atoms with van der Waals surface area (Å²) in [7, 11) is 0. The largest absolute Gasteiger partial charge is 0.352 e. The Balaban J connectivity index is 1.56. The van der Waals surface area contributed by atoms with Gasteiger partial charge < -0.3 is 5.32 Å². The van der Waals surface area contributed by atoms with Gasteiger partial charge in [-0.05, 0) is 91.1 Å². The van der Waals surface area contributed by atoms with Crippen LogP contribution in [-0.2, 0) is 6.42 Å². The molecule has 1 aromatic heterocycles. The Kier molecular flexibility index (Phi) is 9.44. The number of pyridine rings is 1. The van der Waals surface area contributed by atoms with E-state index in [9.17, 15) is 9.18 Å². The average Bonchev–Trinajstić information content (AvgIpc) is 2.94. The van der Waals surface area contributed by atoms with Crippen molar-refractivity contribution in [2.75, 3.05) is 6.54 Å². The van der Waals surface area contributed by atoms with Gasteiger partial charge in [0, 0.05) is 40.2 Å². The van der Waals surface area contributed by atoms with Gasteiger partial charge in [0.15, 0.2) is 0 Å². The number of carbonyl (C=O) groups excluding carboxylic acids is 1. The molecule has 1 unspecified atom stereocenters. The van der Waals surface area contributed by atoms with Crippen LogP contribution in [0.5, 0.6) is 0 Å². The van der Waals surface area contributed by atoms with Gasteiger partial charge in [0.25, 0.3) is 5.91 Å². The van der Waals surface area contributed by atoms with Gasteiger partial charge in [-0.15, -0.1) is 0 Å². The van der Waals surface area contributed by atoms with Crippen molar-refractivity contribution in [2.24, 2.45) is 10.9 Å². The summed E-state index contributed by atoms with van der Waals surface area (Å²) in [6.07, 6.45) is 3.36. The molecule has 1 N–H and O–H groups in total. The molecule has 0 saturated heterocycles. The monoisotopic (exact) mass is 525 g/mol. The Morgan fingerprint density at radius 1 is 0.974 bits per heavy atom. The lowest BCUT2D eigenvalue weighted by Crippen LogP contribution is -2.25. The van der Waals surface area contributed by atoms with Crippen molar-refractivity contribution < 1.29 is 9.18 Å². The Labute approximate surface area is 228 Å². The molecule has 3 aromatic carbocycles. The van der Waals surface area contributed by atoms with E-state index in [0.717, 1.165) is 44.4 Å². The number of hydrogen-bond acceptors (Lipinski definition) is 4. The van der Waals surface area contributed by atoms with Crippen LogP contribution >= 0.6 is 11.8 Å². The number of aryl methyl sites for hydroxylation is 1.